The van der Waals surface area contributed by atoms with Crippen LogP contribution in [-0.4, -0.2) is 29.1 Å². The van der Waals surface area contributed by atoms with Crippen molar-refractivity contribution in [1.29, 1.82) is 0 Å². The maximum Gasteiger partial charge on any atom is 0.305 e. The molecule has 18 heavy (non-hydrogen) atoms. The summed E-state index contributed by atoms with van der Waals surface area (Å²) in [4.78, 5) is 12.9. The summed E-state index contributed by atoms with van der Waals surface area (Å²) in [5.74, 6) is -2.77. The van der Waals surface area contributed by atoms with Gasteiger partial charge in [0.1, 0.15) is 0 Å². The van der Waals surface area contributed by atoms with E-state index < -0.39 is 17.6 Å². The van der Waals surface area contributed by atoms with Crippen molar-refractivity contribution in [1.82, 2.24) is 4.90 Å². The molecule has 1 aromatic rings. The van der Waals surface area contributed by atoms with Gasteiger partial charge in [-0.2, -0.15) is 0 Å². The third-order valence-corrected chi connectivity index (χ3v) is 3.28. The van der Waals surface area contributed by atoms with Crippen LogP contribution < -0.4 is 0 Å². The van der Waals surface area contributed by atoms with E-state index >= 15 is 0 Å². The maximum atomic E-state index is 13.2. The number of hydrogen-bond acceptors (Lipinski definition) is 2. The Morgan fingerprint density at radius 1 is 1.28 bits per heavy atom. The summed E-state index contributed by atoms with van der Waals surface area (Å²) >= 11 is 0. The number of benzene rings is 1. The standard InChI is InChI=1S/C13H15F2NO2/c14-10-4-3-9(7-11(10)15)12(8-13(17)18)16-5-1-2-6-16/h3-4,7,12H,1-2,5-6,8H2,(H,17,18). The number of carboxylic acid groups (broad SMARTS) is 1. The van der Waals surface area contributed by atoms with Gasteiger partial charge in [-0.1, -0.05) is 6.07 Å². The Labute approximate surface area is 104 Å². The van der Waals surface area contributed by atoms with Crippen molar-refractivity contribution in [2.45, 2.75) is 25.3 Å². The van der Waals surface area contributed by atoms with E-state index in [1.807, 2.05) is 4.90 Å². The van der Waals surface area contributed by atoms with E-state index in [9.17, 15) is 13.6 Å². The number of hydrogen-bond donors (Lipinski definition) is 1. The summed E-state index contributed by atoms with van der Waals surface area (Å²) in [6.07, 6.45) is 1.94. The van der Waals surface area contributed by atoms with Gasteiger partial charge in [0.25, 0.3) is 0 Å². The van der Waals surface area contributed by atoms with Crippen LogP contribution in [0.2, 0.25) is 0 Å². The lowest BCUT2D eigenvalue weighted by molar-refractivity contribution is -0.138. The topological polar surface area (TPSA) is 40.5 Å². The Morgan fingerprint density at radius 3 is 2.50 bits per heavy atom. The summed E-state index contributed by atoms with van der Waals surface area (Å²) in [5.41, 5.74) is 0.526. The van der Waals surface area contributed by atoms with Gasteiger partial charge in [-0.25, -0.2) is 8.78 Å². The summed E-state index contributed by atoms with van der Waals surface area (Å²) in [5, 5.41) is 8.93. The van der Waals surface area contributed by atoms with E-state index in [2.05, 4.69) is 0 Å². The number of nitrogens with zero attached hydrogens (tertiary/aromatic N) is 1. The molecule has 1 atom stereocenters. The lowest BCUT2D eigenvalue weighted by Crippen LogP contribution is -2.27. The lowest BCUT2D eigenvalue weighted by atomic mass is 10.0. The van der Waals surface area contributed by atoms with E-state index in [1.54, 1.807) is 0 Å². The normalized spacial score (nSPS) is 17.9. The van der Waals surface area contributed by atoms with Crippen molar-refractivity contribution in [2.75, 3.05) is 13.1 Å². The molecule has 1 aliphatic rings. The van der Waals surface area contributed by atoms with Crippen LogP contribution in [0.3, 0.4) is 0 Å². The first-order chi connectivity index (χ1) is 8.58. The molecule has 1 saturated heterocycles. The van der Waals surface area contributed by atoms with Crippen molar-refractivity contribution < 1.29 is 18.7 Å². The zero-order chi connectivity index (χ0) is 13.1. The molecule has 3 nitrogen and oxygen atoms in total. The summed E-state index contributed by atoms with van der Waals surface area (Å²) in [6.45, 7) is 1.61. The van der Waals surface area contributed by atoms with Crippen molar-refractivity contribution >= 4 is 5.97 Å². The van der Waals surface area contributed by atoms with Gasteiger partial charge in [-0.3, -0.25) is 9.69 Å². The first-order valence-electron chi connectivity index (χ1n) is 5.98. The van der Waals surface area contributed by atoms with Crippen LogP contribution in [0.4, 0.5) is 8.78 Å². The van der Waals surface area contributed by atoms with Gasteiger partial charge < -0.3 is 5.11 Å². The van der Waals surface area contributed by atoms with E-state index in [4.69, 9.17) is 5.11 Å². The Hall–Kier alpha value is -1.49. The Morgan fingerprint density at radius 2 is 1.94 bits per heavy atom. The molecule has 0 saturated carbocycles. The van der Waals surface area contributed by atoms with E-state index in [0.717, 1.165) is 38.1 Å². The molecule has 0 radical (unpaired) electrons. The first-order valence-corrected chi connectivity index (χ1v) is 5.98. The largest absolute Gasteiger partial charge is 0.481 e. The van der Waals surface area contributed by atoms with Crippen LogP contribution in [-0.2, 0) is 4.79 Å². The molecular formula is C13H15F2NO2. The van der Waals surface area contributed by atoms with Gasteiger partial charge in [0.05, 0.1) is 6.42 Å². The van der Waals surface area contributed by atoms with Gasteiger partial charge in [0, 0.05) is 6.04 Å². The molecule has 98 valence electrons. The molecule has 0 amide bonds. The smallest absolute Gasteiger partial charge is 0.305 e. The zero-order valence-electron chi connectivity index (χ0n) is 9.90. The fourth-order valence-corrected chi connectivity index (χ4v) is 2.40. The number of aliphatic carboxylic acids is 1. The molecule has 0 aromatic heterocycles. The molecular weight excluding hydrogens is 240 g/mol. The molecule has 2 rings (SSSR count). The number of carbonyl (C=O) groups is 1. The Balaban J connectivity index is 2.26. The van der Waals surface area contributed by atoms with E-state index in [-0.39, 0.29) is 12.5 Å². The minimum absolute atomic E-state index is 0.0922. The van der Waals surface area contributed by atoms with E-state index in [1.165, 1.54) is 6.07 Å². The highest BCUT2D eigenvalue weighted by Crippen LogP contribution is 2.28. The second-order valence-electron chi connectivity index (χ2n) is 4.53. The third-order valence-electron chi connectivity index (χ3n) is 3.28. The molecule has 1 unspecified atom stereocenters. The average Bonchev–Trinajstić information content (AvgIpc) is 2.83. The Kier molecular flexibility index (Phi) is 3.91. The van der Waals surface area contributed by atoms with Crippen LogP contribution in [0.15, 0.2) is 18.2 Å². The number of halogens is 2. The van der Waals surface area contributed by atoms with Crippen molar-refractivity contribution in [3.8, 4) is 0 Å². The van der Waals surface area contributed by atoms with Crippen LogP contribution in [0.1, 0.15) is 30.9 Å². The zero-order valence-corrected chi connectivity index (χ0v) is 9.90. The molecule has 1 aromatic carbocycles. The predicted octanol–water partition coefficient (Wildman–Crippen LogP) is 2.58. The molecule has 0 spiro atoms. The van der Waals surface area contributed by atoms with Crippen LogP contribution in [0, 0.1) is 11.6 Å². The lowest BCUT2D eigenvalue weighted by Gasteiger charge is -2.26. The molecule has 1 fully saturated rings. The quantitative estimate of drug-likeness (QED) is 0.899. The van der Waals surface area contributed by atoms with Gasteiger partial charge in [0.15, 0.2) is 11.6 Å². The molecule has 1 N–H and O–H groups in total. The van der Waals surface area contributed by atoms with Gasteiger partial charge >= 0.3 is 5.97 Å². The van der Waals surface area contributed by atoms with Crippen molar-refractivity contribution in [3.05, 3.63) is 35.4 Å². The van der Waals surface area contributed by atoms with Crippen LogP contribution >= 0.6 is 0 Å². The molecule has 0 bridgehead atoms. The second kappa shape index (κ2) is 5.44. The minimum Gasteiger partial charge on any atom is -0.481 e. The van der Waals surface area contributed by atoms with E-state index in [0.29, 0.717) is 5.56 Å². The predicted molar refractivity (Wildman–Crippen MR) is 62.2 cm³/mol. The van der Waals surface area contributed by atoms with Gasteiger partial charge in [-0.05, 0) is 43.6 Å². The molecule has 5 heteroatoms. The fraction of sp³-hybridized carbons (Fsp3) is 0.462. The van der Waals surface area contributed by atoms with Crippen molar-refractivity contribution in [3.63, 3.8) is 0 Å². The third kappa shape index (κ3) is 2.85. The second-order valence-corrected chi connectivity index (χ2v) is 4.53. The number of carboxylic acids is 1. The number of rotatable bonds is 4. The SMILES string of the molecule is O=C(O)CC(c1ccc(F)c(F)c1)N1CCCC1. The highest BCUT2D eigenvalue weighted by molar-refractivity contribution is 5.68. The van der Waals surface area contributed by atoms with Gasteiger partial charge in [-0.15, -0.1) is 0 Å². The molecule has 1 aliphatic heterocycles. The van der Waals surface area contributed by atoms with Gasteiger partial charge in [0.2, 0.25) is 0 Å². The number of likely N-dealkylation sites (tertiary alicyclic amines) is 1. The molecule has 1 heterocycles. The molecule has 0 aliphatic carbocycles. The van der Waals surface area contributed by atoms with Crippen LogP contribution in [0.5, 0.6) is 0 Å². The monoisotopic (exact) mass is 255 g/mol. The summed E-state index contributed by atoms with van der Waals surface area (Å²) < 4.78 is 26.1. The summed E-state index contributed by atoms with van der Waals surface area (Å²) in [7, 11) is 0. The Bertz CT molecular complexity index is 445. The van der Waals surface area contributed by atoms with Crippen LogP contribution in [0.25, 0.3) is 0 Å². The fourth-order valence-electron chi connectivity index (χ4n) is 2.40. The maximum absolute atomic E-state index is 13.2. The highest BCUT2D eigenvalue weighted by atomic mass is 19.2. The summed E-state index contributed by atoms with van der Waals surface area (Å²) in [6, 6.07) is 3.24. The average molecular weight is 255 g/mol. The highest BCUT2D eigenvalue weighted by Gasteiger charge is 2.26. The first kappa shape index (κ1) is 13.0. The van der Waals surface area contributed by atoms with Crippen molar-refractivity contribution in [2.24, 2.45) is 0 Å². The minimum atomic E-state index is -0.934.